The molecular formula is C12H20F8NO3P. The highest BCUT2D eigenvalue weighted by Gasteiger charge is 2.54. The molecule has 4 nitrogen and oxygen atoms in total. The van der Waals surface area contributed by atoms with Crippen molar-refractivity contribution in [2.45, 2.75) is 76.3 Å². The van der Waals surface area contributed by atoms with E-state index < -0.39 is 63.3 Å². The van der Waals surface area contributed by atoms with Crippen molar-refractivity contribution in [3.8, 4) is 0 Å². The zero-order chi connectivity index (χ0) is 20.4. The molecule has 13 heteroatoms. The number of alkyl halides is 8. The van der Waals surface area contributed by atoms with E-state index in [2.05, 4.69) is 0 Å². The summed E-state index contributed by atoms with van der Waals surface area (Å²) in [6.07, 6.45) is -13.3. The van der Waals surface area contributed by atoms with Crippen molar-refractivity contribution in [1.82, 2.24) is 4.67 Å². The quantitative estimate of drug-likeness (QED) is 0.412. The van der Waals surface area contributed by atoms with Gasteiger partial charge in [-0.25, -0.2) is 44.4 Å². The Balaban J connectivity index is 5.91. The number of rotatable bonds is 10. The predicted octanol–water partition coefficient (Wildman–Crippen LogP) is 4.52. The van der Waals surface area contributed by atoms with E-state index in [0.717, 1.165) is 13.8 Å². The normalized spacial score (nSPS) is 17.0. The summed E-state index contributed by atoms with van der Waals surface area (Å²) < 4.78 is 114. The monoisotopic (exact) mass is 409 g/mol. The van der Waals surface area contributed by atoms with E-state index in [-0.39, 0.29) is 4.67 Å². The molecule has 0 aliphatic heterocycles. The first-order chi connectivity index (χ1) is 10.9. The van der Waals surface area contributed by atoms with E-state index in [1.54, 1.807) is 0 Å². The van der Waals surface area contributed by atoms with E-state index >= 15 is 0 Å². The van der Waals surface area contributed by atoms with E-state index in [4.69, 9.17) is 0 Å². The van der Waals surface area contributed by atoms with Crippen molar-refractivity contribution in [1.29, 1.82) is 0 Å². The highest BCUT2D eigenvalue weighted by Crippen LogP contribution is 2.52. The van der Waals surface area contributed by atoms with Gasteiger partial charge in [0.2, 0.25) is 0 Å². The van der Waals surface area contributed by atoms with Crippen LogP contribution in [0.4, 0.5) is 35.1 Å². The summed E-state index contributed by atoms with van der Waals surface area (Å²) in [4.78, 5) is 18.7. The van der Waals surface area contributed by atoms with Crippen LogP contribution in [0.3, 0.4) is 0 Å². The highest BCUT2D eigenvalue weighted by atomic mass is 31.2. The molecule has 0 heterocycles. The molecule has 0 saturated heterocycles. The Morgan fingerprint density at radius 2 is 1.32 bits per heavy atom. The molecule has 152 valence electrons. The van der Waals surface area contributed by atoms with Gasteiger partial charge in [-0.15, -0.1) is 0 Å². The second-order valence-electron chi connectivity index (χ2n) is 6.25. The Kier molecular flexibility index (Phi) is 7.91. The van der Waals surface area contributed by atoms with Crippen LogP contribution in [0.5, 0.6) is 0 Å². The Labute approximate surface area is 139 Å². The molecule has 0 aliphatic carbocycles. The van der Waals surface area contributed by atoms with Crippen LogP contribution in [-0.4, -0.2) is 50.7 Å². The fourth-order valence-electron chi connectivity index (χ4n) is 2.65. The highest BCUT2D eigenvalue weighted by molar-refractivity contribution is 7.49. The molecule has 0 aromatic rings. The summed E-state index contributed by atoms with van der Waals surface area (Å²) in [6, 6.07) is -1.22. The summed E-state index contributed by atoms with van der Waals surface area (Å²) in [7, 11) is -5.35. The first kappa shape index (κ1) is 24.6. The molecule has 1 unspecified atom stereocenters. The molecule has 0 spiro atoms. The van der Waals surface area contributed by atoms with Crippen molar-refractivity contribution in [2.24, 2.45) is 0 Å². The molecule has 0 radical (unpaired) electrons. The standard InChI is InChI=1S/C12H20F8NO3P/c1-7(2)21(25(22,23)24)10(3,6-12(19,20)9(15)16)4-5-11(17,18)8(13)14/h7-9H,4-6H2,1-3H3,(H2,22,23,24). The Morgan fingerprint density at radius 1 is 0.920 bits per heavy atom. The molecule has 0 saturated carbocycles. The van der Waals surface area contributed by atoms with Gasteiger partial charge in [-0.2, -0.15) is 0 Å². The lowest BCUT2D eigenvalue weighted by molar-refractivity contribution is -0.162. The Bertz CT molecular complexity index is 485. The third-order valence-corrected chi connectivity index (χ3v) is 5.08. The smallest absolute Gasteiger partial charge is 0.312 e. The molecule has 0 aliphatic rings. The number of nitrogens with zero attached hydrogens (tertiary/aromatic N) is 1. The Morgan fingerprint density at radius 3 is 1.60 bits per heavy atom. The van der Waals surface area contributed by atoms with Gasteiger partial charge < -0.3 is 9.79 Å². The van der Waals surface area contributed by atoms with Gasteiger partial charge >= 0.3 is 32.4 Å². The topological polar surface area (TPSA) is 60.8 Å². The molecule has 0 bridgehead atoms. The molecule has 2 N–H and O–H groups in total. The van der Waals surface area contributed by atoms with E-state index in [1.165, 1.54) is 0 Å². The van der Waals surface area contributed by atoms with Crippen molar-refractivity contribution < 1.29 is 49.5 Å². The fourth-order valence-corrected chi connectivity index (χ4v) is 4.05. The first-order valence-corrected chi connectivity index (χ1v) is 8.60. The molecule has 0 rings (SSSR count). The molecule has 25 heavy (non-hydrogen) atoms. The van der Waals surface area contributed by atoms with Crippen LogP contribution >= 0.6 is 7.75 Å². The van der Waals surface area contributed by atoms with Gasteiger partial charge in [0.15, 0.2) is 0 Å². The van der Waals surface area contributed by atoms with Crippen LogP contribution in [0.25, 0.3) is 0 Å². The number of hydrogen-bond donors (Lipinski definition) is 2. The minimum atomic E-state index is -5.35. The maximum atomic E-state index is 13.5. The largest absolute Gasteiger partial charge is 0.403 e. The van der Waals surface area contributed by atoms with E-state index in [9.17, 15) is 49.5 Å². The van der Waals surface area contributed by atoms with Gasteiger partial charge in [-0.05, 0) is 27.2 Å². The third-order valence-electron chi connectivity index (χ3n) is 3.57. The van der Waals surface area contributed by atoms with Gasteiger partial charge in [0.05, 0.1) is 0 Å². The maximum Gasteiger partial charge on any atom is 0.403 e. The van der Waals surface area contributed by atoms with Gasteiger partial charge in [0, 0.05) is 24.4 Å². The summed E-state index contributed by atoms with van der Waals surface area (Å²) in [5.41, 5.74) is -2.59. The molecular weight excluding hydrogens is 389 g/mol. The molecule has 1 atom stereocenters. The van der Waals surface area contributed by atoms with Crippen molar-refractivity contribution in [2.75, 3.05) is 0 Å². The zero-order valence-electron chi connectivity index (χ0n) is 13.6. The lowest BCUT2D eigenvalue weighted by atomic mass is 9.86. The minimum absolute atomic E-state index is 0.0812. The average Bonchev–Trinajstić information content (AvgIpc) is 2.33. The van der Waals surface area contributed by atoms with Crippen LogP contribution in [-0.2, 0) is 4.57 Å². The van der Waals surface area contributed by atoms with Crippen molar-refractivity contribution in [3.63, 3.8) is 0 Å². The zero-order valence-corrected chi connectivity index (χ0v) is 14.5. The number of halogens is 8. The molecule has 0 fully saturated rings. The summed E-state index contributed by atoms with van der Waals surface area (Å²) in [5, 5.41) is 0. The van der Waals surface area contributed by atoms with Crippen LogP contribution in [0.15, 0.2) is 0 Å². The maximum absolute atomic E-state index is 13.5. The van der Waals surface area contributed by atoms with Gasteiger partial charge in [-0.1, -0.05) is 0 Å². The van der Waals surface area contributed by atoms with E-state index in [0.29, 0.717) is 6.92 Å². The summed E-state index contributed by atoms with van der Waals surface area (Å²) in [6.45, 7) is 2.89. The summed E-state index contributed by atoms with van der Waals surface area (Å²) >= 11 is 0. The van der Waals surface area contributed by atoms with Crippen molar-refractivity contribution in [3.05, 3.63) is 0 Å². The average molecular weight is 409 g/mol. The lowest BCUT2D eigenvalue weighted by Gasteiger charge is -2.45. The van der Waals surface area contributed by atoms with Gasteiger partial charge in [-0.3, -0.25) is 0 Å². The Hall–Kier alpha value is -0.450. The summed E-state index contributed by atoms with van der Waals surface area (Å²) in [5.74, 6) is -9.39. The second kappa shape index (κ2) is 8.06. The molecule has 0 aromatic heterocycles. The fraction of sp³-hybridized carbons (Fsp3) is 1.00. The second-order valence-corrected chi connectivity index (χ2v) is 7.71. The molecule has 0 aromatic carbocycles. The van der Waals surface area contributed by atoms with Crippen LogP contribution < -0.4 is 0 Å². The van der Waals surface area contributed by atoms with E-state index in [1.807, 2.05) is 0 Å². The van der Waals surface area contributed by atoms with Gasteiger partial charge in [0.1, 0.15) is 0 Å². The lowest BCUT2D eigenvalue weighted by Crippen LogP contribution is -2.53. The van der Waals surface area contributed by atoms with Crippen LogP contribution in [0.1, 0.15) is 40.0 Å². The number of hydrogen-bond acceptors (Lipinski definition) is 1. The predicted molar refractivity (Wildman–Crippen MR) is 73.2 cm³/mol. The third kappa shape index (κ3) is 6.65. The SMILES string of the molecule is CC(C)N(C(C)(CCC(F)(F)C(F)F)CC(F)(F)C(F)F)P(=O)(O)O. The van der Waals surface area contributed by atoms with Crippen molar-refractivity contribution >= 4 is 7.75 Å². The molecule has 0 amide bonds. The minimum Gasteiger partial charge on any atom is -0.312 e. The van der Waals surface area contributed by atoms with Crippen LogP contribution in [0.2, 0.25) is 0 Å². The van der Waals surface area contributed by atoms with Gasteiger partial charge in [0.25, 0.3) is 0 Å². The first-order valence-electron chi connectivity index (χ1n) is 7.04. The van der Waals surface area contributed by atoms with Crippen LogP contribution in [0, 0.1) is 0 Å².